The van der Waals surface area contributed by atoms with Crippen molar-refractivity contribution in [1.82, 2.24) is 25.0 Å². The van der Waals surface area contributed by atoms with Crippen molar-refractivity contribution in [3.05, 3.63) is 41.6 Å². The molecule has 1 amide bonds. The Morgan fingerprint density at radius 2 is 2.24 bits per heavy atom. The van der Waals surface area contributed by atoms with E-state index in [-0.39, 0.29) is 11.3 Å². The Bertz CT molecular complexity index is 1100. The van der Waals surface area contributed by atoms with Crippen molar-refractivity contribution in [2.45, 2.75) is 43.9 Å². The van der Waals surface area contributed by atoms with Gasteiger partial charge in [-0.25, -0.2) is 9.37 Å². The number of nitrogens with one attached hydrogen (secondary N) is 1. The number of halogens is 1. The number of carbonyl (C=O) groups excluding carboxylic acids is 1. The summed E-state index contributed by atoms with van der Waals surface area (Å²) in [6.45, 7) is 1.16. The van der Waals surface area contributed by atoms with Gasteiger partial charge in [-0.2, -0.15) is 4.98 Å². The predicted molar refractivity (Wildman–Crippen MR) is 102 cm³/mol. The van der Waals surface area contributed by atoms with Crippen LogP contribution >= 0.6 is 0 Å². The molecule has 2 aromatic heterocycles. The van der Waals surface area contributed by atoms with E-state index in [1.165, 1.54) is 31.3 Å². The fourth-order valence-electron chi connectivity index (χ4n) is 5.26. The second kappa shape index (κ2) is 6.11. The summed E-state index contributed by atoms with van der Waals surface area (Å²) in [5.41, 5.74) is 1.06. The van der Waals surface area contributed by atoms with Crippen LogP contribution in [-0.4, -0.2) is 44.0 Å². The molecule has 2 atom stereocenters. The molecule has 1 aliphatic heterocycles. The summed E-state index contributed by atoms with van der Waals surface area (Å²) in [6, 6.07) is 2.64. The zero-order valence-electron chi connectivity index (χ0n) is 16.0. The third kappa shape index (κ3) is 2.68. The van der Waals surface area contributed by atoms with Crippen molar-refractivity contribution in [1.29, 1.82) is 0 Å². The Morgan fingerprint density at radius 1 is 1.34 bits per heavy atom. The highest BCUT2D eigenvalue weighted by Crippen LogP contribution is 2.50. The first-order valence-corrected chi connectivity index (χ1v) is 10.4. The molecule has 0 bridgehead atoms. The number of aromatic nitrogens is 4. The number of H-pyrrole nitrogens is 1. The third-order valence-electron chi connectivity index (χ3n) is 6.94. The number of hydrogen-bond acceptors (Lipinski definition) is 5. The number of amides is 1. The molecule has 1 aromatic carbocycles. The van der Waals surface area contributed by atoms with Crippen LogP contribution in [0.3, 0.4) is 0 Å². The zero-order chi connectivity index (χ0) is 19.6. The van der Waals surface area contributed by atoms with E-state index in [0.29, 0.717) is 47.4 Å². The van der Waals surface area contributed by atoms with Gasteiger partial charge in [0.2, 0.25) is 5.89 Å². The molecule has 1 saturated heterocycles. The average molecular weight is 395 g/mol. The van der Waals surface area contributed by atoms with E-state index >= 15 is 0 Å². The quantitative estimate of drug-likeness (QED) is 0.733. The number of carbonyl (C=O) groups is 1. The van der Waals surface area contributed by atoms with Crippen LogP contribution in [0.4, 0.5) is 4.39 Å². The van der Waals surface area contributed by atoms with Gasteiger partial charge in [0, 0.05) is 19.5 Å². The number of fused-ring (bicyclic) bond motifs is 2. The molecule has 150 valence electrons. The van der Waals surface area contributed by atoms with Crippen LogP contribution in [-0.2, 0) is 11.8 Å². The van der Waals surface area contributed by atoms with Gasteiger partial charge in [-0.3, -0.25) is 4.79 Å². The Morgan fingerprint density at radius 3 is 3.10 bits per heavy atom. The zero-order valence-corrected chi connectivity index (χ0v) is 16.0. The average Bonchev–Trinajstić information content (AvgIpc) is 3.11. The van der Waals surface area contributed by atoms with Crippen LogP contribution in [0.15, 0.2) is 23.0 Å². The molecule has 7 nitrogen and oxygen atoms in total. The van der Waals surface area contributed by atoms with E-state index in [2.05, 4.69) is 15.1 Å². The molecule has 1 N–H and O–H groups in total. The topological polar surface area (TPSA) is 87.9 Å². The highest BCUT2D eigenvalue weighted by molar-refractivity contribution is 6.05. The molecule has 3 aromatic rings. The van der Waals surface area contributed by atoms with Crippen molar-refractivity contribution in [2.75, 3.05) is 13.1 Å². The van der Waals surface area contributed by atoms with Gasteiger partial charge < -0.3 is 14.4 Å². The lowest BCUT2D eigenvalue weighted by Crippen LogP contribution is -2.35. The predicted octanol–water partition coefficient (Wildman–Crippen LogP) is 3.23. The van der Waals surface area contributed by atoms with Gasteiger partial charge in [0.25, 0.3) is 5.91 Å². The number of rotatable bonds is 4. The maximum absolute atomic E-state index is 14.1. The van der Waals surface area contributed by atoms with E-state index in [4.69, 9.17) is 9.51 Å². The Balaban J connectivity index is 1.31. The molecule has 8 heteroatoms. The number of nitrogens with zero attached hydrogens (tertiary/aromatic N) is 4. The number of benzene rings is 1. The summed E-state index contributed by atoms with van der Waals surface area (Å²) in [7, 11) is 0. The first kappa shape index (κ1) is 17.1. The van der Waals surface area contributed by atoms with E-state index in [1.807, 2.05) is 4.90 Å². The largest absolute Gasteiger partial charge is 0.344 e. The standard InChI is InChI=1S/C21H22FN5O2/c22-14-7-15(18-16(8-14)23-11-24-18)19(28)27-9-13-2-1-5-21(13,10-27)20-25-17(26-29-20)6-12-3-4-12/h7-8,11-13H,1-6,9-10H2,(H,23,24)/t13-,21-/m0/s1. The summed E-state index contributed by atoms with van der Waals surface area (Å²) in [6.07, 6.45) is 7.92. The van der Waals surface area contributed by atoms with E-state index in [9.17, 15) is 9.18 Å². The SMILES string of the molecule is O=C(c1cc(F)cc2[nH]cnc12)N1C[C@@H]2CCC[C@]2(c2nc(CC3CC3)no2)C1. The summed E-state index contributed by atoms with van der Waals surface area (Å²) in [5, 5.41) is 4.22. The van der Waals surface area contributed by atoms with Crippen LogP contribution < -0.4 is 0 Å². The molecule has 2 aliphatic carbocycles. The maximum atomic E-state index is 14.1. The minimum absolute atomic E-state index is 0.187. The minimum Gasteiger partial charge on any atom is -0.344 e. The molecule has 3 fully saturated rings. The summed E-state index contributed by atoms with van der Waals surface area (Å²) < 4.78 is 19.8. The van der Waals surface area contributed by atoms with Crippen LogP contribution in [0.1, 0.15) is 54.2 Å². The van der Waals surface area contributed by atoms with Crippen molar-refractivity contribution in [3.8, 4) is 0 Å². The van der Waals surface area contributed by atoms with Crippen LogP contribution in [0.5, 0.6) is 0 Å². The van der Waals surface area contributed by atoms with Gasteiger partial charge in [-0.05, 0) is 49.7 Å². The lowest BCUT2D eigenvalue weighted by Gasteiger charge is -2.24. The van der Waals surface area contributed by atoms with Crippen molar-refractivity contribution < 1.29 is 13.7 Å². The van der Waals surface area contributed by atoms with Gasteiger partial charge in [-0.1, -0.05) is 11.6 Å². The van der Waals surface area contributed by atoms with Crippen LogP contribution in [0.25, 0.3) is 11.0 Å². The maximum Gasteiger partial charge on any atom is 0.256 e. The first-order valence-electron chi connectivity index (χ1n) is 10.4. The molecule has 3 aliphatic rings. The monoisotopic (exact) mass is 395 g/mol. The van der Waals surface area contributed by atoms with Crippen LogP contribution in [0.2, 0.25) is 0 Å². The number of hydrogen-bond donors (Lipinski definition) is 1. The fraction of sp³-hybridized carbons (Fsp3) is 0.524. The molecule has 3 heterocycles. The summed E-state index contributed by atoms with van der Waals surface area (Å²) in [5.74, 6) is 1.83. The third-order valence-corrected chi connectivity index (χ3v) is 6.94. The second-order valence-electron chi connectivity index (χ2n) is 8.85. The fourth-order valence-corrected chi connectivity index (χ4v) is 5.26. The number of imidazole rings is 1. The van der Waals surface area contributed by atoms with Gasteiger partial charge >= 0.3 is 0 Å². The van der Waals surface area contributed by atoms with Crippen LogP contribution in [0, 0.1) is 17.7 Å². The smallest absolute Gasteiger partial charge is 0.256 e. The van der Waals surface area contributed by atoms with Crippen molar-refractivity contribution in [3.63, 3.8) is 0 Å². The molecule has 6 rings (SSSR count). The lowest BCUT2D eigenvalue weighted by molar-refractivity contribution is 0.0776. The Kier molecular flexibility index (Phi) is 3.61. The Hall–Kier alpha value is -2.77. The number of aromatic amines is 1. The molecule has 0 unspecified atom stereocenters. The van der Waals surface area contributed by atoms with E-state index in [1.54, 1.807) is 0 Å². The summed E-state index contributed by atoms with van der Waals surface area (Å²) >= 11 is 0. The van der Waals surface area contributed by atoms with Crippen molar-refractivity contribution in [2.24, 2.45) is 11.8 Å². The van der Waals surface area contributed by atoms with Crippen molar-refractivity contribution >= 4 is 16.9 Å². The minimum atomic E-state index is -0.444. The molecule has 2 saturated carbocycles. The van der Waals surface area contributed by atoms with Gasteiger partial charge in [-0.15, -0.1) is 0 Å². The molecular formula is C21H22FN5O2. The van der Waals surface area contributed by atoms with E-state index in [0.717, 1.165) is 31.5 Å². The molecule has 0 spiro atoms. The summed E-state index contributed by atoms with van der Waals surface area (Å²) in [4.78, 5) is 27.0. The van der Waals surface area contributed by atoms with Gasteiger partial charge in [0.15, 0.2) is 5.82 Å². The Labute approximate surface area is 166 Å². The molecule has 0 radical (unpaired) electrons. The van der Waals surface area contributed by atoms with Gasteiger partial charge in [0.05, 0.1) is 22.8 Å². The normalized spacial score (nSPS) is 26.4. The van der Waals surface area contributed by atoms with E-state index < -0.39 is 5.82 Å². The van der Waals surface area contributed by atoms with Gasteiger partial charge in [0.1, 0.15) is 11.3 Å². The number of likely N-dealkylation sites (tertiary alicyclic amines) is 1. The highest BCUT2D eigenvalue weighted by atomic mass is 19.1. The highest BCUT2D eigenvalue weighted by Gasteiger charge is 2.55. The first-order chi connectivity index (χ1) is 14.1. The lowest BCUT2D eigenvalue weighted by atomic mass is 9.80. The molecule has 29 heavy (non-hydrogen) atoms. The molecular weight excluding hydrogens is 373 g/mol. The second-order valence-corrected chi connectivity index (χ2v) is 8.85.